The van der Waals surface area contributed by atoms with Crippen molar-refractivity contribution in [1.29, 1.82) is 0 Å². The van der Waals surface area contributed by atoms with Gasteiger partial charge in [-0.15, -0.1) is 0 Å². The third-order valence-electron chi connectivity index (χ3n) is 1.73. The van der Waals surface area contributed by atoms with Crippen LogP contribution in [0.5, 0.6) is 0 Å². The van der Waals surface area contributed by atoms with Gasteiger partial charge in [0.15, 0.2) is 0 Å². The third-order valence-corrected chi connectivity index (χ3v) is 2.33. The largest absolute Gasteiger partial charge is 0.398 e. The maximum absolute atomic E-state index is 5.76. The number of pyridine rings is 1. The summed E-state index contributed by atoms with van der Waals surface area (Å²) >= 11 is 2.19. The maximum atomic E-state index is 5.76. The van der Waals surface area contributed by atoms with Crippen molar-refractivity contribution in [2.75, 3.05) is 5.73 Å². The van der Waals surface area contributed by atoms with Gasteiger partial charge in [0, 0.05) is 11.1 Å². The Labute approximate surface area is 83.9 Å². The fraction of sp³-hybridized carbons (Fsp3) is 0. The second-order valence-electron chi connectivity index (χ2n) is 2.55. The molecule has 1 aromatic heterocycles. The number of halogens is 1. The summed E-state index contributed by atoms with van der Waals surface area (Å²) in [5.41, 5.74) is 7.51. The van der Waals surface area contributed by atoms with Crippen LogP contribution in [0.15, 0.2) is 30.3 Å². The van der Waals surface area contributed by atoms with Crippen LogP contribution >= 0.6 is 22.6 Å². The first-order valence-electron chi connectivity index (χ1n) is 3.58. The van der Waals surface area contributed by atoms with Gasteiger partial charge < -0.3 is 5.73 Å². The number of aromatic nitrogens is 1. The van der Waals surface area contributed by atoms with Crippen molar-refractivity contribution in [2.45, 2.75) is 0 Å². The Bertz CT molecular complexity index is 426. The number of nitrogen functional groups attached to an aromatic ring is 1. The van der Waals surface area contributed by atoms with Gasteiger partial charge in [-0.25, -0.2) is 4.98 Å². The summed E-state index contributed by atoms with van der Waals surface area (Å²) < 4.78 is 0.991. The number of nitrogens with two attached hydrogens (primary N) is 1. The monoisotopic (exact) mass is 270 g/mol. The lowest BCUT2D eigenvalue weighted by molar-refractivity contribution is 1.35. The lowest BCUT2D eigenvalue weighted by atomic mass is 10.2. The van der Waals surface area contributed by atoms with Crippen molar-refractivity contribution in [3.63, 3.8) is 0 Å². The minimum Gasteiger partial charge on any atom is -0.398 e. The van der Waals surface area contributed by atoms with E-state index in [2.05, 4.69) is 27.6 Å². The molecule has 0 aliphatic rings. The van der Waals surface area contributed by atoms with Gasteiger partial charge in [-0.1, -0.05) is 6.07 Å². The number of rotatable bonds is 0. The highest BCUT2D eigenvalue weighted by Gasteiger charge is 1.97. The van der Waals surface area contributed by atoms with Crippen LogP contribution in [0.25, 0.3) is 10.9 Å². The Hall–Kier alpha value is -0.840. The van der Waals surface area contributed by atoms with Crippen LogP contribution < -0.4 is 5.73 Å². The number of anilines is 1. The zero-order chi connectivity index (χ0) is 8.55. The first kappa shape index (κ1) is 7.79. The van der Waals surface area contributed by atoms with Crippen LogP contribution in [0.4, 0.5) is 5.69 Å². The molecule has 0 bridgehead atoms. The Balaban J connectivity index is 2.86. The minimum atomic E-state index is 0.788. The smallest absolute Gasteiger partial charge is 0.102 e. The highest BCUT2D eigenvalue weighted by molar-refractivity contribution is 14.1. The Kier molecular flexibility index (Phi) is 1.88. The molecule has 1 aromatic carbocycles. The highest BCUT2D eigenvalue weighted by Crippen LogP contribution is 2.19. The quantitative estimate of drug-likeness (QED) is 0.453. The predicted octanol–water partition coefficient (Wildman–Crippen LogP) is 2.42. The van der Waals surface area contributed by atoms with Gasteiger partial charge in [-0.05, 0) is 46.9 Å². The van der Waals surface area contributed by atoms with Crippen LogP contribution in [0, 0.1) is 3.70 Å². The molecule has 0 spiro atoms. The van der Waals surface area contributed by atoms with E-state index in [4.69, 9.17) is 5.73 Å². The molecular weight excluding hydrogens is 263 g/mol. The molecule has 0 amide bonds. The molecule has 2 N–H and O–H groups in total. The second kappa shape index (κ2) is 2.90. The molecule has 0 atom stereocenters. The summed E-state index contributed by atoms with van der Waals surface area (Å²) in [5.74, 6) is 0. The average molecular weight is 270 g/mol. The van der Waals surface area contributed by atoms with Gasteiger partial charge in [-0.3, -0.25) is 0 Å². The molecule has 0 aliphatic carbocycles. The molecule has 0 radical (unpaired) electrons. The number of nitrogens with zero attached hydrogens (tertiary/aromatic N) is 1. The summed E-state index contributed by atoms with van der Waals surface area (Å²) in [6, 6.07) is 9.73. The van der Waals surface area contributed by atoms with E-state index in [0.29, 0.717) is 0 Å². The van der Waals surface area contributed by atoms with E-state index in [0.717, 1.165) is 20.3 Å². The fourth-order valence-corrected chi connectivity index (χ4v) is 1.59. The van der Waals surface area contributed by atoms with Crippen LogP contribution in [0.2, 0.25) is 0 Å². The Morgan fingerprint density at radius 3 is 2.83 bits per heavy atom. The predicted molar refractivity (Wildman–Crippen MR) is 58.9 cm³/mol. The van der Waals surface area contributed by atoms with Crippen molar-refractivity contribution in [1.82, 2.24) is 4.98 Å². The average Bonchev–Trinajstić information content (AvgIpc) is 2.04. The molecule has 12 heavy (non-hydrogen) atoms. The van der Waals surface area contributed by atoms with Gasteiger partial charge >= 0.3 is 0 Å². The van der Waals surface area contributed by atoms with Gasteiger partial charge in [0.05, 0.1) is 5.52 Å². The summed E-state index contributed by atoms with van der Waals surface area (Å²) in [7, 11) is 0. The van der Waals surface area contributed by atoms with Crippen LogP contribution in [0.1, 0.15) is 0 Å². The summed E-state index contributed by atoms with van der Waals surface area (Å²) in [4.78, 5) is 4.34. The Morgan fingerprint density at radius 2 is 2.00 bits per heavy atom. The van der Waals surface area contributed by atoms with Crippen molar-refractivity contribution < 1.29 is 0 Å². The van der Waals surface area contributed by atoms with Crippen LogP contribution in [-0.4, -0.2) is 4.98 Å². The van der Waals surface area contributed by atoms with Crippen molar-refractivity contribution in [2.24, 2.45) is 0 Å². The molecule has 0 fully saturated rings. The molecular formula is C9H7IN2. The van der Waals surface area contributed by atoms with E-state index < -0.39 is 0 Å². The summed E-state index contributed by atoms with van der Waals surface area (Å²) in [5, 5.41) is 1.03. The number of hydrogen-bond acceptors (Lipinski definition) is 2. The molecule has 0 unspecified atom stereocenters. The normalized spacial score (nSPS) is 10.4. The standard InChI is InChI=1S/C9H7IN2/c10-9-5-4-6-7(11)2-1-3-8(6)12-9/h1-5H,11H2. The van der Waals surface area contributed by atoms with E-state index in [1.807, 2.05) is 30.3 Å². The molecule has 3 heteroatoms. The van der Waals surface area contributed by atoms with Gasteiger partial charge in [0.1, 0.15) is 3.70 Å². The topological polar surface area (TPSA) is 38.9 Å². The molecule has 60 valence electrons. The lowest BCUT2D eigenvalue weighted by Crippen LogP contribution is -1.88. The van der Waals surface area contributed by atoms with Gasteiger partial charge in [0.2, 0.25) is 0 Å². The van der Waals surface area contributed by atoms with Gasteiger partial charge in [0.25, 0.3) is 0 Å². The van der Waals surface area contributed by atoms with Crippen molar-refractivity contribution in [3.8, 4) is 0 Å². The SMILES string of the molecule is Nc1cccc2nc(I)ccc12. The van der Waals surface area contributed by atoms with E-state index in [1.54, 1.807) is 0 Å². The minimum absolute atomic E-state index is 0.788. The number of benzene rings is 1. The zero-order valence-corrected chi connectivity index (χ0v) is 8.45. The summed E-state index contributed by atoms with van der Waals surface area (Å²) in [6.07, 6.45) is 0. The molecule has 2 aromatic rings. The highest BCUT2D eigenvalue weighted by atomic mass is 127. The van der Waals surface area contributed by atoms with E-state index in [1.165, 1.54) is 0 Å². The van der Waals surface area contributed by atoms with Gasteiger partial charge in [-0.2, -0.15) is 0 Å². The van der Waals surface area contributed by atoms with E-state index in [-0.39, 0.29) is 0 Å². The zero-order valence-electron chi connectivity index (χ0n) is 6.29. The molecule has 2 rings (SSSR count). The van der Waals surface area contributed by atoms with Crippen LogP contribution in [-0.2, 0) is 0 Å². The number of fused-ring (bicyclic) bond motifs is 1. The van der Waals surface area contributed by atoms with Crippen molar-refractivity contribution in [3.05, 3.63) is 34.0 Å². The van der Waals surface area contributed by atoms with E-state index >= 15 is 0 Å². The van der Waals surface area contributed by atoms with Crippen molar-refractivity contribution >= 4 is 39.2 Å². The first-order valence-corrected chi connectivity index (χ1v) is 4.66. The Morgan fingerprint density at radius 1 is 1.17 bits per heavy atom. The molecule has 2 nitrogen and oxygen atoms in total. The first-order chi connectivity index (χ1) is 5.77. The summed E-state index contributed by atoms with van der Waals surface area (Å²) in [6.45, 7) is 0. The lowest BCUT2D eigenvalue weighted by Gasteiger charge is -2.00. The molecule has 0 saturated heterocycles. The van der Waals surface area contributed by atoms with Crippen LogP contribution in [0.3, 0.4) is 0 Å². The molecule has 1 heterocycles. The third kappa shape index (κ3) is 1.24. The fourth-order valence-electron chi connectivity index (χ4n) is 1.15. The van der Waals surface area contributed by atoms with E-state index in [9.17, 15) is 0 Å². The molecule has 0 saturated carbocycles. The molecule has 0 aliphatic heterocycles. The number of hydrogen-bond donors (Lipinski definition) is 1. The second-order valence-corrected chi connectivity index (χ2v) is 3.65. The maximum Gasteiger partial charge on any atom is 0.102 e.